The van der Waals surface area contributed by atoms with Gasteiger partial charge in [-0.3, -0.25) is 14.5 Å². The van der Waals surface area contributed by atoms with Crippen molar-refractivity contribution in [3.63, 3.8) is 0 Å². The van der Waals surface area contributed by atoms with Crippen LogP contribution in [0.15, 0.2) is 30.3 Å². The van der Waals surface area contributed by atoms with E-state index in [1.165, 1.54) is 13.1 Å². The fourth-order valence-electron chi connectivity index (χ4n) is 3.25. The predicted octanol–water partition coefficient (Wildman–Crippen LogP) is 3.72. The summed E-state index contributed by atoms with van der Waals surface area (Å²) in [7, 11) is 3.28. The van der Waals surface area contributed by atoms with Crippen LogP contribution in [-0.2, 0) is 0 Å². The average molecular weight is 428 g/mol. The summed E-state index contributed by atoms with van der Waals surface area (Å²) in [4.78, 5) is 32.5. The zero-order chi connectivity index (χ0) is 20.4. The number of pyridine rings is 1. The SMILES string of the molecule is CN1CCC(C(=O)c2cccc(N(C)C(=O)c3c(F)cc(F)cc3F)n2)CC1.Cl. The van der Waals surface area contributed by atoms with Crippen molar-refractivity contribution in [3.8, 4) is 0 Å². The van der Waals surface area contributed by atoms with Gasteiger partial charge in [-0.25, -0.2) is 18.2 Å². The van der Waals surface area contributed by atoms with E-state index in [1.807, 2.05) is 7.05 Å². The van der Waals surface area contributed by atoms with E-state index in [1.54, 1.807) is 12.1 Å². The van der Waals surface area contributed by atoms with Gasteiger partial charge in [0.1, 0.15) is 34.5 Å². The van der Waals surface area contributed by atoms with E-state index in [9.17, 15) is 22.8 Å². The van der Waals surface area contributed by atoms with Crippen LogP contribution in [0, 0.1) is 23.4 Å². The third-order valence-electron chi connectivity index (χ3n) is 4.95. The van der Waals surface area contributed by atoms with Gasteiger partial charge in [0.05, 0.1) is 0 Å². The lowest BCUT2D eigenvalue weighted by Gasteiger charge is -2.27. The van der Waals surface area contributed by atoms with E-state index in [2.05, 4.69) is 9.88 Å². The summed E-state index contributed by atoms with van der Waals surface area (Å²) in [6, 6.07) is 5.46. The third-order valence-corrected chi connectivity index (χ3v) is 4.95. The molecule has 0 spiro atoms. The molecule has 2 heterocycles. The fraction of sp³-hybridized carbons (Fsp3) is 0.350. The molecule has 5 nitrogen and oxygen atoms in total. The quantitative estimate of drug-likeness (QED) is 0.698. The predicted molar refractivity (Wildman–Crippen MR) is 105 cm³/mol. The Labute approximate surface area is 172 Å². The Morgan fingerprint density at radius 3 is 2.28 bits per heavy atom. The summed E-state index contributed by atoms with van der Waals surface area (Å²) in [6.45, 7) is 1.63. The number of piperidine rings is 1. The van der Waals surface area contributed by atoms with Crippen molar-refractivity contribution in [2.75, 3.05) is 32.1 Å². The summed E-state index contributed by atoms with van der Waals surface area (Å²) in [5, 5.41) is 0. The summed E-state index contributed by atoms with van der Waals surface area (Å²) in [5.41, 5.74) is -0.676. The molecule has 29 heavy (non-hydrogen) atoms. The lowest BCUT2D eigenvalue weighted by molar-refractivity contribution is 0.0850. The maximum atomic E-state index is 13.9. The van der Waals surface area contributed by atoms with Gasteiger partial charge in [-0.1, -0.05) is 6.07 Å². The van der Waals surface area contributed by atoms with Crippen LogP contribution in [0.25, 0.3) is 0 Å². The first kappa shape index (κ1) is 22.8. The molecular weight excluding hydrogens is 407 g/mol. The molecule has 0 radical (unpaired) electrons. The van der Waals surface area contributed by atoms with Gasteiger partial charge >= 0.3 is 0 Å². The smallest absolute Gasteiger partial charge is 0.265 e. The highest BCUT2D eigenvalue weighted by atomic mass is 35.5. The summed E-state index contributed by atoms with van der Waals surface area (Å²) in [5.74, 6) is -4.92. The molecule has 1 saturated heterocycles. The summed E-state index contributed by atoms with van der Waals surface area (Å²) < 4.78 is 40.9. The molecule has 1 amide bonds. The van der Waals surface area contributed by atoms with Crippen LogP contribution < -0.4 is 4.90 Å². The molecule has 0 N–H and O–H groups in total. The Hall–Kier alpha value is -2.45. The van der Waals surface area contributed by atoms with Gasteiger partial charge in [-0.05, 0) is 45.1 Å². The van der Waals surface area contributed by atoms with Crippen LogP contribution >= 0.6 is 12.4 Å². The number of carbonyl (C=O) groups excluding carboxylic acids is 2. The number of Topliss-reactive ketones (excluding diaryl/α,β-unsaturated/α-hetero) is 1. The second-order valence-corrected chi connectivity index (χ2v) is 6.93. The molecule has 0 bridgehead atoms. The van der Waals surface area contributed by atoms with E-state index in [-0.39, 0.29) is 35.6 Å². The van der Waals surface area contributed by atoms with Gasteiger partial charge in [0.25, 0.3) is 5.91 Å². The molecule has 1 aromatic heterocycles. The number of hydrogen-bond acceptors (Lipinski definition) is 4. The summed E-state index contributed by atoms with van der Waals surface area (Å²) in [6.07, 6.45) is 1.45. The molecule has 0 atom stereocenters. The maximum Gasteiger partial charge on any atom is 0.265 e. The molecule has 3 rings (SSSR count). The molecule has 9 heteroatoms. The molecular formula is C20H21ClF3N3O2. The van der Waals surface area contributed by atoms with E-state index in [0.29, 0.717) is 12.1 Å². The molecule has 1 aliphatic rings. The molecule has 0 unspecified atom stereocenters. The van der Waals surface area contributed by atoms with Gasteiger partial charge in [-0.15, -0.1) is 12.4 Å². The number of likely N-dealkylation sites (tertiary alicyclic amines) is 1. The zero-order valence-electron chi connectivity index (χ0n) is 16.0. The number of benzene rings is 1. The number of halogens is 4. The van der Waals surface area contributed by atoms with Gasteiger partial charge in [0.15, 0.2) is 5.78 Å². The Balaban J connectivity index is 0.00000300. The number of rotatable bonds is 4. The van der Waals surface area contributed by atoms with Crippen LogP contribution in [0.3, 0.4) is 0 Å². The number of ketones is 1. The molecule has 1 fully saturated rings. The van der Waals surface area contributed by atoms with E-state index < -0.39 is 28.9 Å². The third kappa shape index (κ3) is 4.94. The second kappa shape index (κ2) is 9.37. The minimum atomic E-state index is -1.30. The second-order valence-electron chi connectivity index (χ2n) is 6.93. The van der Waals surface area contributed by atoms with Crippen molar-refractivity contribution < 1.29 is 22.8 Å². The Morgan fingerprint density at radius 2 is 1.69 bits per heavy atom. The van der Waals surface area contributed by atoms with Gasteiger partial charge in [0, 0.05) is 25.1 Å². The number of hydrogen-bond donors (Lipinski definition) is 0. The first-order chi connectivity index (χ1) is 13.3. The molecule has 2 aromatic rings. The van der Waals surface area contributed by atoms with Crippen LogP contribution in [-0.4, -0.2) is 48.8 Å². The number of aromatic nitrogens is 1. The molecule has 1 aromatic carbocycles. The average Bonchev–Trinajstić information content (AvgIpc) is 2.66. The zero-order valence-corrected chi connectivity index (χ0v) is 16.8. The number of anilines is 1. The Bertz CT molecular complexity index is 895. The Morgan fingerprint density at radius 1 is 1.10 bits per heavy atom. The first-order valence-electron chi connectivity index (χ1n) is 8.90. The lowest BCUT2D eigenvalue weighted by atomic mass is 9.91. The Kier molecular flexibility index (Phi) is 7.37. The highest BCUT2D eigenvalue weighted by Gasteiger charge is 2.27. The van der Waals surface area contributed by atoms with E-state index >= 15 is 0 Å². The van der Waals surface area contributed by atoms with Crippen molar-refractivity contribution in [1.82, 2.24) is 9.88 Å². The van der Waals surface area contributed by atoms with Crippen molar-refractivity contribution in [2.45, 2.75) is 12.8 Å². The highest BCUT2D eigenvalue weighted by Crippen LogP contribution is 2.23. The monoisotopic (exact) mass is 427 g/mol. The van der Waals surface area contributed by atoms with Crippen molar-refractivity contribution in [3.05, 3.63) is 59.0 Å². The molecule has 0 saturated carbocycles. The van der Waals surface area contributed by atoms with Crippen LogP contribution in [0.2, 0.25) is 0 Å². The minimum absolute atomic E-state index is 0. The fourth-order valence-corrected chi connectivity index (χ4v) is 3.25. The van der Waals surface area contributed by atoms with Crippen LogP contribution in [0.4, 0.5) is 19.0 Å². The standard InChI is InChI=1S/C20H20F3N3O2.ClH/c1-25-8-6-12(7-9-25)19(27)16-4-3-5-17(24-16)26(2)20(28)18-14(22)10-13(21)11-15(18)23;/h3-5,10-12H,6-9H2,1-2H3;1H. The lowest BCUT2D eigenvalue weighted by Crippen LogP contribution is -2.34. The van der Waals surface area contributed by atoms with Crippen molar-refractivity contribution in [1.29, 1.82) is 0 Å². The molecule has 1 aliphatic heterocycles. The number of amides is 1. The van der Waals surface area contributed by atoms with Crippen molar-refractivity contribution >= 4 is 29.9 Å². The van der Waals surface area contributed by atoms with Gasteiger partial charge in [0.2, 0.25) is 0 Å². The summed E-state index contributed by atoms with van der Waals surface area (Å²) >= 11 is 0. The van der Waals surface area contributed by atoms with E-state index in [0.717, 1.165) is 30.8 Å². The van der Waals surface area contributed by atoms with Gasteiger partial charge in [-0.2, -0.15) is 0 Å². The minimum Gasteiger partial charge on any atom is -0.306 e. The van der Waals surface area contributed by atoms with Crippen molar-refractivity contribution in [2.24, 2.45) is 5.92 Å². The largest absolute Gasteiger partial charge is 0.306 e. The normalized spacial score (nSPS) is 14.9. The molecule has 156 valence electrons. The first-order valence-corrected chi connectivity index (χ1v) is 8.90. The topological polar surface area (TPSA) is 53.5 Å². The highest BCUT2D eigenvalue weighted by molar-refractivity contribution is 6.06. The van der Waals surface area contributed by atoms with Crippen LogP contribution in [0.1, 0.15) is 33.7 Å². The van der Waals surface area contributed by atoms with Gasteiger partial charge < -0.3 is 4.90 Å². The number of nitrogens with zero attached hydrogens (tertiary/aromatic N) is 3. The number of carbonyl (C=O) groups is 2. The van der Waals surface area contributed by atoms with Crippen LogP contribution in [0.5, 0.6) is 0 Å². The molecule has 0 aliphatic carbocycles. The van der Waals surface area contributed by atoms with E-state index in [4.69, 9.17) is 0 Å². The maximum absolute atomic E-state index is 13.9.